The van der Waals surface area contributed by atoms with Crippen LogP contribution in [0.2, 0.25) is 0 Å². The fourth-order valence-corrected chi connectivity index (χ4v) is 1.67. The van der Waals surface area contributed by atoms with Gasteiger partial charge in [0.15, 0.2) is 0 Å². The molecule has 1 rings (SSSR count). The highest BCUT2D eigenvalue weighted by molar-refractivity contribution is 7.98. The Kier molecular flexibility index (Phi) is 3.40. The minimum absolute atomic E-state index is 0.703. The van der Waals surface area contributed by atoms with Crippen molar-refractivity contribution in [2.75, 3.05) is 31.6 Å². The summed E-state index contributed by atoms with van der Waals surface area (Å²) >= 11 is 1.91. The molecule has 1 aliphatic heterocycles. The van der Waals surface area contributed by atoms with E-state index < -0.39 is 0 Å². The van der Waals surface area contributed by atoms with Gasteiger partial charge >= 0.3 is 0 Å². The zero-order valence-electron chi connectivity index (χ0n) is 5.81. The fourth-order valence-electron chi connectivity index (χ4n) is 1.03. The summed E-state index contributed by atoms with van der Waals surface area (Å²) in [4.78, 5) is 0. The van der Waals surface area contributed by atoms with Crippen molar-refractivity contribution in [2.24, 2.45) is 0 Å². The van der Waals surface area contributed by atoms with E-state index in [0.717, 1.165) is 19.6 Å². The van der Waals surface area contributed by atoms with Gasteiger partial charge in [0.1, 0.15) is 0 Å². The van der Waals surface area contributed by atoms with Crippen molar-refractivity contribution in [3.8, 4) is 0 Å². The molecule has 54 valence electrons. The van der Waals surface area contributed by atoms with Gasteiger partial charge in [-0.15, -0.1) is 0 Å². The molecular weight excluding hydrogens is 132 g/mol. The van der Waals surface area contributed by atoms with E-state index >= 15 is 0 Å². The highest BCUT2D eigenvalue weighted by Gasteiger charge is 2.09. The van der Waals surface area contributed by atoms with Gasteiger partial charge < -0.3 is 10.6 Å². The maximum atomic E-state index is 3.44. The largest absolute Gasteiger partial charge is 0.314 e. The first kappa shape index (κ1) is 7.38. The Balaban J connectivity index is 2.08. The summed E-state index contributed by atoms with van der Waals surface area (Å²) in [5.74, 6) is 1.23. The molecule has 0 aromatic rings. The monoisotopic (exact) mass is 146 g/mol. The predicted molar refractivity (Wildman–Crippen MR) is 43.0 cm³/mol. The Labute approximate surface area is 60.8 Å². The summed E-state index contributed by atoms with van der Waals surface area (Å²) < 4.78 is 0. The predicted octanol–water partition coefficient (Wildman–Crippen LogP) is -0.0892. The first-order valence-electron chi connectivity index (χ1n) is 3.36. The summed E-state index contributed by atoms with van der Waals surface area (Å²) in [5, 5.41) is 6.78. The second-order valence-corrected chi connectivity index (χ2v) is 3.22. The standard InChI is InChI=1S/C6H14N2S/c1-9-5-6-4-7-2-3-8-6/h6-8H,2-5H2,1H3/t6-/m0/s1. The van der Waals surface area contributed by atoms with Crippen molar-refractivity contribution in [1.29, 1.82) is 0 Å². The molecule has 3 heteroatoms. The van der Waals surface area contributed by atoms with E-state index in [9.17, 15) is 0 Å². The molecule has 0 aliphatic carbocycles. The van der Waals surface area contributed by atoms with E-state index in [1.165, 1.54) is 5.75 Å². The van der Waals surface area contributed by atoms with E-state index in [4.69, 9.17) is 0 Å². The average molecular weight is 146 g/mol. The Hall–Kier alpha value is 0.270. The molecule has 0 bridgehead atoms. The Morgan fingerprint density at radius 1 is 1.56 bits per heavy atom. The molecule has 2 N–H and O–H groups in total. The SMILES string of the molecule is CSC[C@@H]1CNCCN1. The summed E-state index contributed by atoms with van der Waals surface area (Å²) in [7, 11) is 0. The Morgan fingerprint density at radius 3 is 3.00 bits per heavy atom. The number of hydrogen-bond acceptors (Lipinski definition) is 3. The highest BCUT2D eigenvalue weighted by Crippen LogP contribution is 1.97. The molecule has 1 saturated heterocycles. The van der Waals surface area contributed by atoms with Crippen LogP contribution in [0.4, 0.5) is 0 Å². The fraction of sp³-hybridized carbons (Fsp3) is 1.00. The van der Waals surface area contributed by atoms with Gasteiger partial charge in [0.25, 0.3) is 0 Å². The summed E-state index contributed by atoms with van der Waals surface area (Å²) in [5.41, 5.74) is 0. The van der Waals surface area contributed by atoms with Gasteiger partial charge in [0.05, 0.1) is 0 Å². The number of hydrogen-bond donors (Lipinski definition) is 2. The molecule has 1 heterocycles. The third-order valence-electron chi connectivity index (χ3n) is 1.49. The lowest BCUT2D eigenvalue weighted by Gasteiger charge is -2.23. The number of nitrogens with one attached hydrogen (secondary N) is 2. The molecule has 0 radical (unpaired) electrons. The molecule has 0 aromatic carbocycles. The van der Waals surface area contributed by atoms with Gasteiger partial charge in [0, 0.05) is 31.4 Å². The quantitative estimate of drug-likeness (QED) is 0.569. The lowest BCUT2D eigenvalue weighted by Crippen LogP contribution is -2.49. The van der Waals surface area contributed by atoms with Gasteiger partial charge in [-0.1, -0.05) is 0 Å². The second kappa shape index (κ2) is 4.14. The van der Waals surface area contributed by atoms with E-state index in [0.29, 0.717) is 6.04 Å². The molecule has 0 spiro atoms. The van der Waals surface area contributed by atoms with Gasteiger partial charge in [-0.3, -0.25) is 0 Å². The van der Waals surface area contributed by atoms with Crippen LogP contribution >= 0.6 is 11.8 Å². The zero-order chi connectivity index (χ0) is 6.53. The van der Waals surface area contributed by atoms with Crippen LogP contribution in [0, 0.1) is 0 Å². The molecule has 1 atom stereocenters. The molecule has 0 aromatic heterocycles. The molecule has 1 fully saturated rings. The molecule has 2 nitrogen and oxygen atoms in total. The Bertz CT molecular complexity index is 68.7. The zero-order valence-corrected chi connectivity index (χ0v) is 6.63. The van der Waals surface area contributed by atoms with Crippen molar-refractivity contribution >= 4 is 11.8 Å². The van der Waals surface area contributed by atoms with Crippen LogP contribution in [0.25, 0.3) is 0 Å². The average Bonchev–Trinajstić information content (AvgIpc) is 1.91. The van der Waals surface area contributed by atoms with Crippen molar-refractivity contribution in [2.45, 2.75) is 6.04 Å². The van der Waals surface area contributed by atoms with Crippen LogP contribution < -0.4 is 10.6 Å². The highest BCUT2D eigenvalue weighted by atomic mass is 32.2. The molecular formula is C6H14N2S. The minimum atomic E-state index is 0.703. The van der Waals surface area contributed by atoms with Crippen LogP contribution in [0.3, 0.4) is 0 Å². The van der Waals surface area contributed by atoms with Crippen LogP contribution in [-0.2, 0) is 0 Å². The first-order chi connectivity index (χ1) is 4.43. The van der Waals surface area contributed by atoms with Crippen LogP contribution in [-0.4, -0.2) is 37.7 Å². The minimum Gasteiger partial charge on any atom is -0.314 e. The number of piperazine rings is 1. The number of rotatable bonds is 2. The van der Waals surface area contributed by atoms with Crippen molar-refractivity contribution < 1.29 is 0 Å². The smallest absolute Gasteiger partial charge is 0.0283 e. The molecule has 1 aliphatic rings. The number of thioether (sulfide) groups is 1. The topological polar surface area (TPSA) is 24.1 Å². The molecule has 9 heavy (non-hydrogen) atoms. The van der Waals surface area contributed by atoms with Crippen molar-refractivity contribution in [3.05, 3.63) is 0 Å². The second-order valence-electron chi connectivity index (χ2n) is 2.31. The third-order valence-corrected chi connectivity index (χ3v) is 2.23. The van der Waals surface area contributed by atoms with Crippen LogP contribution in [0.5, 0.6) is 0 Å². The van der Waals surface area contributed by atoms with Crippen LogP contribution in [0.1, 0.15) is 0 Å². The van der Waals surface area contributed by atoms with Crippen LogP contribution in [0.15, 0.2) is 0 Å². The normalized spacial score (nSPS) is 28.3. The third kappa shape index (κ3) is 2.56. The summed E-state index contributed by atoms with van der Waals surface area (Å²) in [6.45, 7) is 3.40. The molecule has 0 amide bonds. The maximum absolute atomic E-state index is 3.44. The van der Waals surface area contributed by atoms with Crippen molar-refractivity contribution in [1.82, 2.24) is 10.6 Å². The molecule has 0 saturated carbocycles. The van der Waals surface area contributed by atoms with Gasteiger partial charge in [-0.05, 0) is 6.26 Å². The molecule has 0 unspecified atom stereocenters. The van der Waals surface area contributed by atoms with Crippen molar-refractivity contribution in [3.63, 3.8) is 0 Å². The van der Waals surface area contributed by atoms with E-state index in [1.807, 2.05) is 11.8 Å². The van der Waals surface area contributed by atoms with Gasteiger partial charge in [0.2, 0.25) is 0 Å². The lowest BCUT2D eigenvalue weighted by molar-refractivity contribution is 0.447. The Morgan fingerprint density at radius 2 is 2.44 bits per heavy atom. The summed E-state index contributed by atoms with van der Waals surface area (Å²) in [6.07, 6.45) is 2.15. The maximum Gasteiger partial charge on any atom is 0.0283 e. The van der Waals surface area contributed by atoms with Gasteiger partial charge in [-0.25, -0.2) is 0 Å². The lowest BCUT2D eigenvalue weighted by atomic mass is 10.3. The van der Waals surface area contributed by atoms with E-state index in [1.54, 1.807) is 0 Å². The summed E-state index contributed by atoms with van der Waals surface area (Å²) in [6, 6.07) is 0.703. The first-order valence-corrected chi connectivity index (χ1v) is 4.76. The van der Waals surface area contributed by atoms with Gasteiger partial charge in [-0.2, -0.15) is 11.8 Å². The van der Waals surface area contributed by atoms with E-state index in [-0.39, 0.29) is 0 Å². The van der Waals surface area contributed by atoms with E-state index in [2.05, 4.69) is 16.9 Å².